The Bertz CT molecular complexity index is 1780. The second-order valence-corrected chi connectivity index (χ2v) is 9.45. The number of piperidine rings is 1. The van der Waals surface area contributed by atoms with Crippen molar-refractivity contribution in [2.24, 2.45) is 0 Å². The van der Waals surface area contributed by atoms with Crippen LogP contribution in [0.1, 0.15) is 18.7 Å². The van der Waals surface area contributed by atoms with Gasteiger partial charge in [-0.05, 0) is 43.2 Å². The van der Waals surface area contributed by atoms with Crippen LogP contribution in [0.25, 0.3) is 27.9 Å². The summed E-state index contributed by atoms with van der Waals surface area (Å²) < 4.78 is 75.0. The Balaban J connectivity index is 0.000000472. The zero-order chi connectivity index (χ0) is 30.9. The molecule has 0 aliphatic carbocycles. The first kappa shape index (κ1) is 29.6. The first-order valence-corrected chi connectivity index (χ1v) is 12.7. The van der Waals surface area contributed by atoms with E-state index in [0.29, 0.717) is 65.9 Å². The Hall–Kier alpha value is -4.93. The van der Waals surface area contributed by atoms with Crippen LogP contribution < -0.4 is 10.2 Å². The molecule has 5 aromatic rings. The highest BCUT2D eigenvalue weighted by Gasteiger charge is 2.38. The van der Waals surface area contributed by atoms with E-state index in [1.165, 1.54) is 18.2 Å². The molecule has 0 amide bonds. The van der Waals surface area contributed by atoms with E-state index in [9.17, 15) is 31.4 Å². The number of carboxylic acid groups (broad SMARTS) is 1. The van der Waals surface area contributed by atoms with Crippen LogP contribution in [0.3, 0.4) is 0 Å². The predicted octanol–water partition coefficient (Wildman–Crippen LogP) is 4.32. The van der Waals surface area contributed by atoms with Crippen molar-refractivity contribution >= 4 is 39.9 Å². The highest BCUT2D eigenvalue weighted by Crippen LogP contribution is 2.27. The Morgan fingerprint density at radius 2 is 1.77 bits per heavy atom. The largest absolute Gasteiger partial charge is 0.490 e. The van der Waals surface area contributed by atoms with Crippen LogP contribution in [-0.4, -0.2) is 71.0 Å². The molecule has 1 aliphatic heterocycles. The van der Waals surface area contributed by atoms with Crippen molar-refractivity contribution in [1.82, 2.24) is 29.5 Å². The zero-order valence-corrected chi connectivity index (χ0v) is 21.9. The maximum atomic E-state index is 14.1. The molecular formula is C26H22F6N8O3. The van der Waals surface area contributed by atoms with Gasteiger partial charge in [0.2, 0.25) is 5.95 Å². The van der Waals surface area contributed by atoms with Crippen molar-refractivity contribution in [2.45, 2.75) is 31.7 Å². The van der Waals surface area contributed by atoms with Gasteiger partial charge < -0.3 is 25.4 Å². The SMILES string of the molecule is O=C(O)C(F)(F)F.OC1CCN(c2nc(NCc3nc4c(F)c(F)ccc4[nH]3)c3ncn(-c4cccc(F)c4)c3n2)CC1. The summed E-state index contributed by atoms with van der Waals surface area (Å²) >= 11 is 0. The summed E-state index contributed by atoms with van der Waals surface area (Å²) in [5, 5.41) is 20.2. The van der Waals surface area contributed by atoms with E-state index in [2.05, 4.69) is 25.3 Å². The molecule has 17 heteroatoms. The fourth-order valence-corrected chi connectivity index (χ4v) is 4.35. The van der Waals surface area contributed by atoms with Gasteiger partial charge in [-0.3, -0.25) is 4.57 Å². The number of rotatable bonds is 5. The molecule has 0 atom stereocenters. The Morgan fingerprint density at radius 1 is 1.05 bits per heavy atom. The van der Waals surface area contributed by atoms with Crippen LogP contribution in [0.2, 0.25) is 0 Å². The number of carbonyl (C=O) groups is 1. The van der Waals surface area contributed by atoms with Gasteiger partial charge in [0.05, 0.1) is 23.9 Å². The third kappa shape index (κ3) is 6.45. The van der Waals surface area contributed by atoms with Crippen molar-refractivity contribution in [3.8, 4) is 5.69 Å². The molecule has 4 heterocycles. The minimum atomic E-state index is -5.08. The summed E-state index contributed by atoms with van der Waals surface area (Å²) in [6, 6.07) is 8.57. The number of anilines is 2. The van der Waals surface area contributed by atoms with Crippen molar-refractivity contribution in [3.63, 3.8) is 0 Å². The molecule has 6 rings (SSSR count). The van der Waals surface area contributed by atoms with Crippen molar-refractivity contribution in [1.29, 1.82) is 0 Å². The molecule has 2 aromatic carbocycles. The number of hydrogen-bond donors (Lipinski definition) is 4. The number of aliphatic hydroxyl groups excluding tert-OH is 1. The number of halogens is 6. The van der Waals surface area contributed by atoms with Crippen LogP contribution in [-0.2, 0) is 11.3 Å². The number of aromatic nitrogens is 6. The molecule has 4 N–H and O–H groups in total. The lowest BCUT2D eigenvalue weighted by Gasteiger charge is -2.29. The lowest BCUT2D eigenvalue weighted by atomic mass is 10.1. The molecule has 3 aromatic heterocycles. The van der Waals surface area contributed by atoms with Crippen LogP contribution in [0, 0.1) is 17.5 Å². The first-order chi connectivity index (χ1) is 20.4. The molecule has 0 spiro atoms. The van der Waals surface area contributed by atoms with E-state index < -0.39 is 23.8 Å². The van der Waals surface area contributed by atoms with Crippen LogP contribution >= 0.6 is 0 Å². The molecule has 1 saturated heterocycles. The predicted molar refractivity (Wildman–Crippen MR) is 141 cm³/mol. The smallest absolute Gasteiger partial charge is 0.475 e. The number of hydrogen-bond acceptors (Lipinski definition) is 8. The fraction of sp³-hybridized carbons (Fsp3) is 0.269. The van der Waals surface area contributed by atoms with Gasteiger partial charge in [0.15, 0.2) is 28.6 Å². The number of imidazole rings is 2. The molecule has 0 unspecified atom stereocenters. The van der Waals surface area contributed by atoms with E-state index in [1.54, 1.807) is 23.0 Å². The van der Waals surface area contributed by atoms with Crippen molar-refractivity contribution in [2.75, 3.05) is 23.3 Å². The molecule has 1 aliphatic rings. The Kier molecular flexibility index (Phi) is 8.08. The van der Waals surface area contributed by atoms with Gasteiger partial charge in [-0.15, -0.1) is 0 Å². The van der Waals surface area contributed by atoms with Crippen molar-refractivity contribution in [3.05, 3.63) is 66.0 Å². The second-order valence-electron chi connectivity index (χ2n) is 9.45. The average Bonchev–Trinajstić information content (AvgIpc) is 3.59. The molecule has 0 saturated carbocycles. The summed E-state index contributed by atoms with van der Waals surface area (Å²) in [6.07, 6.45) is -2.72. The third-order valence-corrected chi connectivity index (χ3v) is 6.48. The minimum absolute atomic E-state index is 0.0809. The maximum Gasteiger partial charge on any atom is 0.490 e. The van der Waals surface area contributed by atoms with Gasteiger partial charge in [-0.1, -0.05) is 6.07 Å². The minimum Gasteiger partial charge on any atom is -0.475 e. The third-order valence-electron chi connectivity index (χ3n) is 6.48. The van der Waals surface area contributed by atoms with E-state index >= 15 is 0 Å². The Morgan fingerprint density at radius 3 is 2.44 bits per heavy atom. The number of fused-ring (bicyclic) bond motifs is 2. The van der Waals surface area contributed by atoms with Gasteiger partial charge in [0.25, 0.3) is 0 Å². The molecular weight excluding hydrogens is 586 g/mol. The monoisotopic (exact) mass is 608 g/mol. The van der Waals surface area contributed by atoms with Gasteiger partial charge >= 0.3 is 12.1 Å². The molecule has 0 bridgehead atoms. The maximum absolute atomic E-state index is 14.1. The number of nitrogens with one attached hydrogen (secondary N) is 2. The summed E-state index contributed by atoms with van der Waals surface area (Å²) in [5.41, 5.74) is 1.77. The number of benzene rings is 2. The van der Waals surface area contributed by atoms with Gasteiger partial charge in [-0.2, -0.15) is 23.1 Å². The molecule has 1 fully saturated rings. The van der Waals surface area contributed by atoms with E-state index in [0.717, 1.165) is 6.07 Å². The first-order valence-electron chi connectivity index (χ1n) is 12.7. The highest BCUT2D eigenvalue weighted by atomic mass is 19.4. The van der Waals surface area contributed by atoms with E-state index in [-0.39, 0.29) is 24.0 Å². The zero-order valence-electron chi connectivity index (χ0n) is 21.9. The number of carboxylic acids is 1. The number of nitrogens with zero attached hydrogens (tertiary/aromatic N) is 6. The number of aliphatic carboxylic acids is 1. The average molecular weight is 609 g/mol. The molecule has 11 nitrogen and oxygen atoms in total. The quantitative estimate of drug-likeness (QED) is 0.215. The molecule has 0 radical (unpaired) electrons. The standard InChI is InChI=1S/C24H21F3N8O.C2HF3O2/c25-13-2-1-3-14(10-13)35-12-29-21-22(32-24(33-23(21)35)34-8-6-15(36)7-9-34)28-11-18-30-17-5-4-16(26)19(27)20(17)31-18;3-2(4,5)1(6)7/h1-5,10,12,15,36H,6-9,11H2,(H,30,31)(H,28,32,33);(H,6,7). The van der Waals surface area contributed by atoms with Gasteiger partial charge in [0, 0.05) is 13.1 Å². The summed E-state index contributed by atoms with van der Waals surface area (Å²) in [7, 11) is 0. The number of H-pyrrole nitrogens is 1. The normalized spacial score (nSPS) is 14.2. The highest BCUT2D eigenvalue weighted by molar-refractivity contribution is 5.85. The van der Waals surface area contributed by atoms with Crippen molar-refractivity contribution < 1.29 is 41.4 Å². The molecule has 43 heavy (non-hydrogen) atoms. The topological polar surface area (TPSA) is 145 Å². The lowest BCUT2D eigenvalue weighted by Crippen LogP contribution is -2.37. The van der Waals surface area contributed by atoms with Crippen LogP contribution in [0.15, 0.2) is 42.7 Å². The lowest BCUT2D eigenvalue weighted by molar-refractivity contribution is -0.192. The number of aliphatic hydroxyl groups is 1. The fourth-order valence-electron chi connectivity index (χ4n) is 4.35. The second kappa shape index (κ2) is 11.7. The van der Waals surface area contributed by atoms with E-state index in [4.69, 9.17) is 14.9 Å². The van der Waals surface area contributed by atoms with Gasteiger partial charge in [-0.25, -0.2) is 27.9 Å². The number of alkyl halides is 3. The number of aromatic amines is 1. The summed E-state index contributed by atoms with van der Waals surface area (Å²) in [4.78, 5) is 31.9. The molecule has 226 valence electrons. The van der Waals surface area contributed by atoms with Gasteiger partial charge in [0.1, 0.15) is 23.5 Å². The summed E-state index contributed by atoms with van der Waals surface area (Å²) in [6.45, 7) is 1.29. The van der Waals surface area contributed by atoms with Crippen LogP contribution in [0.4, 0.5) is 38.1 Å². The Labute approximate surface area is 237 Å². The summed E-state index contributed by atoms with van der Waals surface area (Å²) in [5.74, 6) is -3.90. The van der Waals surface area contributed by atoms with Crippen LogP contribution in [0.5, 0.6) is 0 Å². The van der Waals surface area contributed by atoms with E-state index in [1.807, 2.05) is 4.90 Å².